The largest absolute Gasteiger partial charge is 0.375 e. The van der Waals surface area contributed by atoms with Gasteiger partial charge in [0.25, 0.3) is 0 Å². The molecule has 2 aromatic rings. The Kier molecular flexibility index (Phi) is 3.07. The molecule has 0 bridgehead atoms. The van der Waals surface area contributed by atoms with Crippen LogP contribution in [0.15, 0.2) is 41.5 Å². The van der Waals surface area contributed by atoms with Gasteiger partial charge in [-0.1, -0.05) is 24.3 Å². The van der Waals surface area contributed by atoms with Crippen molar-refractivity contribution in [3.8, 4) is 0 Å². The first-order valence-corrected chi connectivity index (χ1v) is 5.11. The van der Waals surface area contributed by atoms with Gasteiger partial charge in [-0.25, -0.2) is 4.98 Å². The van der Waals surface area contributed by atoms with Gasteiger partial charge in [0.1, 0.15) is 0 Å². The summed E-state index contributed by atoms with van der Waals surface area (Å²) < 4.78 is 0. The van der Waals surface area contributed by atoms with Gasteiger partial charge < -0.3 is 5.73 Å². The molecule has 0 spiro atoms. The number of nitrogens with zero attached hydrogens (tertiary/aromatic N) is 2. The van der Waals surface area contributed by atoms with Crippen LogP contribution in [-0.2, 0) is 0 Å². The highest BCUT2D eigenvalue weighted by Crippen LogP contribution is 2.10. The van der Waals surface area contributed by atoms with Crippen molar-refractivity contribution in [1.82, 2.24) is 10.4 Å². The second kappa shape index (κ2) is 4.67. The summed E-state index contributed by atoms with van der Waals surface area (Å²) in [5, 5.41) is 5.08. The number of hydrazone groups is 1. The first-order chi connectivity index (χ1) is 7.75. The van der Waals surface area contributed by atoms with Crippen molar-refractivity contribution < 1.29 is 0 Å². The summed E-state index contributed by atoms with van der Waals surface area (Å²) in [4.78, 5) is 4.40. The Morgan fingerprint density at radius 2 is 2.12 bits per heavy atom. The van der Waals surface area contributed by atoms with E-state index in [4.69, 9.17) is 5.73 Å². The van der Waals surface area contributed by atoms with E-state index in [1.807, 2.05) is 36.4 Å². The molecule has 4 nitrogen and oxygen atoms in total. The lowest BCUT2D eigenvalue weighted by atomic mass is 10.2. The Morgan fingerprint density at radius 3 is 2.94 bits per heavy atom. The van der Waals surface area contributed by atoms with Crippen LogP contribution in [0.2, 0.25) is 0 Å². The second-order valence-electron chi connectivity index (χ2n) is 3.16. The van der Waals surface area contributed by atoms with Gasteiger partial charge in [-0.3, -0.25) is 5.43 Å². The molecule has 0 fully saturated rings. The van der Waals surface area contributed by atoms with Crippen LogP contribution in [0, 0.1) is 0 Å². The monoisotopic (exact) mass is 230 g/mol. The van der Waals surface area contributed by atoms with E-state index < -0.39 is 0 Å². The number of rotatable bonds is 2. The fourth-order valence-corrected chi connectivity index (χ4v) is 1.37. The summed E-state index contributed by atoms with van der Waals surface area (Å²) in [6.45, 7) is 0. The third kappa shape index (κ3) is 2.52. The summed E-state index contributed by atoms with van der Waals surface area (Å²) in [6, 6.07) is 11.8. The highest BCUT2D eigenvalue weighted by atomic mass is 32.1. The molecule has 1 aromatic heterocycles. The van der Waals surface area contributed by atoms with E-state index >= 15 is 0 Å². The van der Waals surface area contributed by atoms with Crippen LogP contribution in [0.25, 0.3) is 10.9 Å². The topological polar surface area (TPSA) is 63.3 Å². The van der Waals surface area contributed by atoms with Crippen molar-refractivity contribution in [2.24, 2.45) is 10.8 Å². The van der Waals surface area contributed by atoms with Crippen LogP contribution >= 0.6 is 12.2 Å². The van der Waals surface area contributed by atoms with Crippen LogP contribution in [0.1, 0.15) is 5.69 Å². The number of nitrogens with two attached hydrogens (primary N) is 1. The van der Waals surface area contributed by atoms with Gasteiger partial charge in [-0.15, -0.1) is 0 Å². The molecule has 0 aliphatic rings. The Hall–Kier alpha value is -2.01. The molecule has 0 aliphatic heterocycles. The van der Waals surface area contributed by atoms with Gasteiger partial charge in [0.2, 0.25) is 0 Å². The predicted octanol–water partition coefficient (Wildman–Crippen LogP) is 1.40. The van der Waals surface area contributed by atoms with E-state index in [2.05, 4.69) is 27.7 Å². The van der Waals surface area contributed by atoms with Gasteiger partial charge >= 0.3 is 0 Å². The first kappa shape index (κ1) is 10.5. The highest BCUT2D eigenvalue weighted by molar-refractivity contribution is 7.80. The van der Waals surface area contributed by atoms with Crippen molar-refractivity contribution in [1.29, 1.82) is 0 Å². The third-order valence-corrected chi connectivity index (χ3v) is 2.08. The molecule has 5 heteroatoms. The van der Waals surface area contributed by atoms with E-state index in [-0.39, 0.29) is 5.11 Å². The van der Waals surface area contributed by atoms with Gasteiger partial charge in [0, 0.05) is 5.39 Å². The molecule has 0 unspecified atom stereocenters. The number of hydrogen-bond acceptors (Lipinski definition) is 3. The molecule has 80 valence electrons. The van der Waals surface area contributed by atoms with Gasteiger partial charge in [0.05, 0.1) is 17.4 Å². The normalized spacial score (nSPS) is 10.8. The molecule has 16 heavy (non-hydrogen) atoms. The summed E-state index contributed by atoms with van der Waals surface area (Å²) in [7, 11) is 0. The quantitative estimate of drug-likeness (QED) is 0.465. The zero-order chi connectivity index (χ0) is 11.4. The maximum Gasteiger partial charge on any atom is 0.184 e. The van der Waals surface area contributed by atoms with Crippen molar-refractivity contribution in [2.45, 2.75) is 0 Å². The fourth-order valence-electron chi connectivity index (χ4n) is 1.32. The zero-order valence-electron chi connectivity index (χ0n) is 8.42. The molecular formula is C11H10N4S. The van der Waals surface area contributed by atoms with Crippen LogP contribution in [0.4, 0.5) is 0 Å². The van der Waals surface area contributed by atoms with Gasteiger partial charge in [0.15, 0.2) is 5.11 Å². The summed E-state index contributed by atoms with van der Waals surface area (Å²) in [5.74, 6) is 0. The number of benzene rings is 1. The smallest absolute Gasteiger partial charge is 0.184 e. The highest BCUT2D eigenvalue weighted by Gasteiger charge is 1.94. The number of aromatic nitrogens is 1. The van der Waals surface area contributed by atoms with Crippen LogP contribution < -0.4 is 11.2 Å². The summed E-state index contributed by atoms with van der Waals surface area (Å²) in [5.41, 5.74) is 9.40. The van der Waals surface area contributed by atoms with Crippen molar-refractivity contribution in [3.05, 3.63) is 42.1 Å². The molecular weight excluding hydrogens is 220 g/mol. The molecule has 3 N–H and O–H groups in total. The molecule has 0 saturated heterocycles. The number of hydrogen-bond donors (Lipinski definition) is 2. The molecule has 0 saturated carbocycles. The maximum absolute atomic E-state index is 5.23. The molecule has 0 radical (unpaired) electrons. The minimum Gasteiger partial charge on any atom is -0.375 e. The summed E-state index contributed by atoms with van der Waals surface area (Å²) >= 11 is 4.62. The fraction of sp³-hybridized carbons (Fsp3) is 0. The Bertz CT molecular complexity index is 550. The second-order valence-corrected chi connectivity index (χ2v) is 3.60. The molecule has 0 aliphatic carbocycles. The maximum atomic E-state index is 5.23. The lowest BCUT2D eigenvalue weighted by Crippen LogP contribution is -2.24. The number of fused-ring (bicyclic) bond motifs is 1. The molecule has 0 atom stereocenters. The molecule has 0 amide bonds. The first-order valence-electron chi connectivity index (χ1n) is 4.70. The number of nitrogens with one attached hydrogen (secondary N) is 1. The summed E-state index contributed by atoms with van der Waals surface area (Å²) in [6.07, 6.45) is 1.58. The molecule has 1 aromatic carbocycles. The van der Waals surface area contributed by atoms with Crippen LogP contribution in [0.5, 0.6) is 0 Å². The van der Waals surface area contributed by atoms with Crippen LogP contribution in [-0.4, -0.2) is 16.3 Å². The minimum atomic E-state index is 0.136. The number of thiocarbonyl (C=S) groups is 1. The van der Waals surface area contributed by atoms with Crippen molar-refractivity contribution in [2.75, 3.05) is 0 Å². The molecule has 2 rings (SSSR count). The van der Waals surface area contributed by atoms with E-state index in [9.17, 15) is 0 Å². The molecule has 1 heterocycles. The number of para-hydroxylation sites is 1. The van der Waals surface area contributed by atoms with Gasteiger partial charge in [-0.2, -0.15) is 5.10 Å². The Labute approximate surface area is 98.2 Å². The predicted molar refractivity (Wildman–Crippen MR) is 69.3 cm³/mol. The zero-order valence-corrected chi connectivity index (χ0v) is 9.24. The van der Waals surface area contributed by atoms with Crippen molar-refractivity contribution >= 4 is 34.4 Å². The van der Waals surface area contributed by atoms with E-state index in [0.717, 1.165) is 16.6 Å². The lowest BCUT2D eigenvalue weighted by molar-refractivity contribution is 1.04. The lowest BCUT2D eigenvalue weighted by Gasteiger charge is -1.98. The van der Waals surface area contributed by atoms with E-state index in [0.29, 0.717) is 0 Å². The number of pyridine rings is 1. The average Bonchev–Trinajstić information content (AvgIpc) is 2.28. The SMILES string of the molecule is NC(=S)NN=Cc1ccc2ccccc2n1. The average molecular weight is 230 g/mol. The van der Waals surface area contributed by atoms with Crippen LogP contribution in [0.3, 0.4) is 0 Å². The Balaban J connectivity index is 2.26. The standard InChI is InChI=1S/C11H10N4S/c12-11(16)15-13-7-9-6-5-8-3-1-2-4-10(8)14-9/h1-7H,(H3,12,15,16). The van der Waals surface area contributed by atoms with E-state index in [1.165, 1.54) is 0 Å². The minimum absolute atomic E-state index is 0.136. The van der Waals surface area contributed by atoms with Crippen molar-refractivity contribution in [3.63, 3.8) is 0 Å². The van der Waals surface area contributed by atoms with Gasteiger partial charge in [-0.05, 0) is 24.4 Å². The third-order valence-electron chi connectivity index (χ3n) is 1.99. The van der Waals surface area contributed by atoms with E-state index in [1.54, 1.807) is 6.21 Å². The Morgan fingerprint density at radius 1 is 1.31 bits per heavy atom.